The van der Waals surface area contributed by atoms with Gasteiger partial charge >= 0.3 is 0 Å². The average Bonchev–Trinajstić information content (AvgIpc) is 3.20. The van der Waals surface area contributed by atoms with E-state index in [1.165, 1.54) is 5.39 Å². The van der Waals surface area contributed by atoms with Gasteiger partial charge in [0.2, 0.25) is 11.8 Å². The zero-order valence-corrected chi connectivity index (χ0v) is 28.2. The normalized spacial score (nSPS) is 19.0. The molecule has 2 aromatic carbocycles. The average molecular weight is 637 g/mol. The highest BCUT2D eigenvalue weighted by molar-refractivity contribution is 5.83. The van der Waals surface area contributed by atoms with E-state index >= 15 is 0 Å². The van der Waals surface area contributed by atoms with Crippen molar-refractivity contribution in [2.45, 2.75) is 64.6 Å². The maximum absolute atomic E-state index is 14.3. The zero-order valence-electron chi connectivity index (χ0n) is 28.2. The molecule has 0 saturated carbocycles. The molecule has 6 N–H and O–H groups in total. The van der Waals surface area contributed by atoms with E-state index in [0.717, 1.165) is 22.1 Å². The molecule has 4 unspecified atom stereocenters. The second kappa shape index (κ2) is 19.1. The first-order chi connectivity index (χ1) is 22.7. The SMILES string of the molecule is C=C/C=C(\C=C/C)C(CN1CCC(C(Cc2ccc3ccccc3c2)NC(C)=O)NC(CCCN=C(N)N)C1=O)/C(C=C)=C/C=C\C. The van der Waals surface area contributed by atoms with Crippen molar-refractivity contribution in [2.75, 3.05) is 19.6 Å². The van der Waals surface area contributed by atoms with Crippen molar-refractivity contribution >= 4 is 28.5 Å². The predicted molar refractivity (Wildman–Crippen MR) is 197 cm³/mol. The minimum absolute atomic E-state index is 0.0161. The van der Waals surface area contributed by atoms with E-state index in [0.29, 0.717) is 45.3 Å². The molecule has 0 radical (unpaired) electrons. The van der Waals surface area contributed by atoms with Crippen LogP contribution in [0.4, 0.5) is 0 Å². The fraction of sp³-hybridized carbons (Fsp3) is 0.359. The van der Waals surface area contributed by atoms with E-state index in [1.807, 2.05) is 67.3 Å². The standard InChI is InChI=1S/C39H52N6O2/c1-6-10-16-30(9-4)34(32(14-7-2)15-8-3)27-45-24-22-35(44-36(38(45)47)19-13-23-42-39(40)41)37(43-28(5)46)26-29-20-21-31-17-11-12-18-33(31)25-29/h6-12,14-18,20-21,25,34-37,44H,2,4,13,19,22-24,26-27H2,1,3,5H3,(H,43,46)(H4,40,41,42)/b10-6-,15-8-,30-16+,32-14+. The van der Waals surface area contributed by atoms with Gasteiger partial charge in [-0.05, 0) is 67.0 Å². The highest BCUT2D eigenvalue weighted by atomic mass is 16.2. The minimum Gasteiger partial charge on any atom is -0.370 e. The fourth-order valence-corrected chi connectivity index (χ4v) is 6.20. The molecule has 3 rings (SSSR count). The van der Waals surface area contributed by atoms with Crippen LogP contribution < -0.4 is 22.1 Å². The lowest BCUT2D eigenvalue weighted by Crippen LogP contribution is -2.54. The molecule has 0 spiro atoms. The number of aliphatic imine (C=N–C) groups is 1. The van der Waals surface area contributed by atoms with E-state index in [9.17, 15) is 9.59 Å². The van der Waals surface area contributed by atoms with Crippen LogP contribution >= 0.6 is 0 Å². The van der Waals surface area contributed by atoms with E-state index in [-0.39, 0.29) is 35.8 Å². The Morgan fingerprint density at radius 3 is 2.53 bits per heavy atom. The number of fused-ring (bicyclic) bond motifs is 1. The second-order valence-corrected chi connectivity index (χ2v) is 11.9. The summed E-state index contributed by atoms with van der Waals surface area (Å²) in [6.45, 7) is 14.9. The zero-order chi connectivity index (χ0) is 34.2. The van der Waals surface area contributed by atoms with Gasteiger partial charge in [-0.15, -0.1) is 0 Å². The Morgan fingerprint density at radius 1 is 1.11 bits per heavy atom. The Kier molecular flexibility index (Phi) is 14.9. The van der Waals surface area contributed by atoms with Crippen molar-refractivity contribution < 1.29 is 9.59 Å². The van der Waals surface area contributed by atoms with Crippen molar-refractivity contribution in [2.24, 2.45) is 22.4 Å². The van der Waals surface area contributed by atoms with E-state index in [4.69, 9.17) is 11.5 Å². The van der Waals surface area contributed by atoms with Crippen LogP contribution in [0.1, 0.15) is 45.6 Å². The number of rotatable bonds is 16. The maximum atomic E-state index is 14.3. The van der Waals surface area contributed by atoms with Gasteiger partial charge < -0.3 is 27.0 Å². The Morgan fingerprint density at radius 2 is 1.87 bits per heavy atom. The monoisotopic (exact) mass is 636 g/mol. The summed E-state index contributed by atoms with van der Waals surface area (Å²) in [6.07, 6.45) is 18.2. The molecule has 0 bridgehead atoms. The Hall–Kier alpha value is -4.69. The van der Waals surface area contributed by atoms with Gasteiger partial charge in [-0.1, -0.05) is 104 Å². The van der Waals surface area contributed by atoms with E-state index < -0.39 is 6.04 Å². The number of benzene rings is 2. The smallest absolute Gasteiger partial charge is 0.239 e. The van der Waals surface area contributed by atoms with Gasteiger partial charge in [0, 0.05) is 44.6 Å². The summed E-state index contributed by atoms with van der Waals surface area (Å²) in [5, 5.41) is 9.19. The number of carbonyl (C=O) groups excluding carboxylic acids is 2. The molecule has 47 heavy (non-hydrogen) atoms. The molecule has 1 aliphatic rings. The van der Waals surface area contributed by atoms with Crippen molar-refractivity contribution in [1.29, 1.82) is 0 Å². The van der Waals surface area contributed by atoms with Gasteiger partial charge in [-0.3, -0.25) is 14.6 Å². The second-order valence-electron chi connectivity index (χ2n) is 11.9. The van der Waals surface area contributed by atoms with Gasteiger partial charge in [0.1, 0.15) is 0 Å². The highest BCUT2D eigenvalue weighted by Crippen LogP contribution is 2.27. The van der Waals surface area contributed by atoms with Crippen LogP contribution in [0.15, 0.2) is 120 Å². The van der Waals surface area contributed by atoms with Crippen LogP contribution in [0.2, 0.25) is 0 Å². The number of hydrogen-bond acceptors (Lipinski definition) is 4. The van der Waals surface area contributed by atoms with Gasteiger partial charge in [0.15, 0.2) is 5.96 Å². The van der Waals surface area contributed by atoms with E-state index in [1.54, 1.807) is 13.0 Å². The summed E-state index contributed by atoms with van der Waals surface area (Å²) in [5.41, 5.74) is 14.3. The van der Waals surface area contributed by atoms with Gasteiger partial charge in [0.25, 0.3) is 0 Å². The van der Waals surface area contributed by atoms with Gasteiger partial charge in [0.05, 0.1) is 6.04 Å². The molecule has 1 aliphatic heterocycles. The van der Waals surface area contributed by atoms with Crippen molar-refractivity contribution in [1.82, 2.24) is 15.5 Å². The van der Waals surface area contributed by atoms with Gasteiger partial charge in [-0.25, -0.2) is 0 Å². The summed E-state index contributed by atoms with van der Waals surface area (Å²) in [4.78, 5) is 32.9. The van der Waals surface area contributed by atoms with Crippen molar-refractivity contribution in [3.8, 4) is 0 Å². The van der Waals surface area contributed by atoms with Crippen LogP contribution in [0.5, 0.6) is 0 Å². The number of allylic oxidation sites excluding steroid dienone is 8. The fourth-order valence-electron chi connectivity index (χ4n) is 6.20. The number of guanidine groups is 1. The third kappa shape index (κ3) is 11.3. The third-order valence-electron chi connectivity index (χ3n) is 8.42. The highest BCUT2D eigenvalue weighted by Gasteiger charge is 2.35. The summed E-state index contributed by atoms with van der Waals surface area (Å²) in [7, 11) is 0. The summed E-state index contributed by atoms with van der Waals surface area (Å²) >= 11 is 0. The van der Waals surface area contributed by atoms with E-state index in [2.05, 4.69) is 65.2 Å². The largest absolute Gasteiger partial charge is 0.370 e. The molecule has 0 aliphatic carbocycles. The van der Waals surface area contributed by atoms with Crippen LogP contribution in [0.3, 0.4) is 0 Å². The number of nitrogens with two attached hydrogens (primary N) is 2. The van der Waals surface area contributed by atoms with Crippen molar-refractivity contribution in [3.63, 3.8) is 0 Å². The molecule has 2 aromatic rings. The lowest BCUT2D eigenvalue weighted by Gasteiger charge is -2.30. The molecule has 1 heterocycles. The van der Waals surface area contributed by atoms with Crippen LogP contribution in [-0.2, 0) is 16.0 Å². The first-order valence-electron chi connectivity index (χ1n) is 16.5. The Balaban J connectivity index is 1.99. The summed E-state index contributed by atoms with van der Waals surface area (Å²) in [5.74, 6) is -0.180. The predicted octanol–water partition coefficient (Wildman–Crippen LogP) is 5.49. The lowest BCUT2D eigenvalue weighted by atomic mass is 9.88. The number of amides is 2. The number of nitrogens with zero attached hydrogens (tertiary/aromatic N) is 2. The Bertz CT molecular complexity index is 1530. The molecule has 250 valence electrons. The molecule has 8 nitrogen and oxygen atoms in total. The van der Waals surface area contributed by atoms with Gasteiger partial charge in [-0.2, -0.15) is 0 Å². The number of hydrogen-bond donors (Lipinski definition) is 4. The van der Waals surface area contributed by atoms with Crippen LogP contribution in [0, 0.1) is 5.92 Å². The topological polar surface area (TPSA) is 126 Å². The van der Waals surface area contributed by atoms with Crippen LogP contribution in [0.25, 0.3) is 10.8 Å². The van der Waals surface area contributed by atoms with Crippen molar-refractivity contribution in [3.05, 3.63) is 121 Å². The molecular weight excluding hydrogens is 584 g/mol. The quantitative estimate of drug-likeness (QED) is 0.0839. The molecule has 4 atom stereocenters. The number of nitrogens with one attached hydrogen (secondary N) is 2. The van der Waals surface area contributed by atoms with Crippen LogP contribution in [-0.4, -0.2) is 60.4 Å². The first-order valence-corrected chi connectivity index (χ1v) is 16.5. The first kappa shape index (κ1) is 36.8. The summed E-state index contributed by atoms with van der Waals surface area (Å²) in [6, 6.07) is 13.8. The maximum Gasteiger partial charge on any atom is 0.239 e. The minimum atomic E-state index is -0.481. The molecular formula is C39H52N6O2. The molecule has 1 saturated heterocycles. The molecule has 8 heteroatoms. The molecule has 2 amide bonds. The lowest BCUT2D eigenvalue weighted by molar-refractivity contribution is -0.133. The molecule has 0 aromatic heterocycles. The third-order valence-corrected chi connectivity index (χ3v) is 8.42. The summed E-state index contributed by atoms with van der Waals surface area (Å²) < 4.78 is 0. The molecule has 1 fully saturated rings. The number of carbonyl (C=O) groups is 2. The Labute approximate surface area is 280 Å².